The fraction of sp³-hybridized carbons (Fsp3) is 0.125. The summed E-state index contributed by atoms with van der Waals surface area (Å²) in [5.74, 6) is 0.108. The molecule has 1 aliphatic rings. The number of fused-ring (bicyclic) bond motifs is 1. The summed E-state index contributed by atoms with van der Waals surface area (Å²) < 4.78 is 0. The first-order valence-corrected chi connectivity index (χ1v) is 3.63. The van der Waals surface area contributed by atoms with Gasteiger partial charge in [0.1, 0.15) is 5.75 Å². The van der Waals surface area contributed by atoms with E-state index in [0.29, 0.717) is 12.2 Å². The summed E-state index contributed by atoms with van der Waals surface area (Å²) in [5, 5.41) is 12.2. The number of rotatable bonds is 0. The number of nitrogens with one attached hydrogen (secondary N) is 1. The topological polar surface area (TPSA) is 70.6 Å². The van der Waals surface area contributed by atoms with E-state index in [1.807, 2.05) is 0 Å². The van der Waals surface area contributed by atoms with Crippen LogP contribution in [0.3, 0.4) is 0 Å². The predicted octanol–water partition coefficient (Wildman–Crippen LogP) is 0.928. The van der Waals surface area contributed by atoms with Crippen molar-refractivity contribution in [2.45, 2.75) is 6.54 Å². The van der Waals surface area contributed by atoms with E-state index >= 15 is 0 Å². The summed E-state index contributed by atoms with van der Waals surface area (Å²) in [7, 11) is 0. The van der Waals surface area contributed by atoms with Crippen LogP contribution in [0, 0.1) is 0 Å². The molecule has 0 bridgehead atoms. The van der Waals surface area contributed by atoms with Crippen LogP contribution < -0.4 is 11.1 Å². The highest BCUT2D eigenvalue weighted by atomic mass is 16.3. The molecule has 0 saturated carbocycles. The van der Waals surface area contributed by atoms with Crippen LogP contribution in [0.1, 0.15) is 5.56 Å². The molecule has 1 aromatic rings. The first-order chi connectivity index (χ1) is 5.77. The van der Waals surface area contributed by atoms with Gasteiger partial charge in [-0.05, 0) is 11.6 Å². The fourth-order valence-corrected chi connectivity index (χ4v) is 1.18. The van der Waals surface area contributed by atoms with Crippen molar-refractivity contribution in [3.8, 4) is 5.75 Å². The standard InChI is InChI=1S/C8H9N3O/c9-6-1-5-3-10-4-11-7(5)2-8(6)12/h1-2,4,12H,3,9H2,(H,10,11). The highest BCUT2D eigenvalue weighted by Gasteiger charge is 2.08. The quantitative estimate of drug-likeness (QED) is 0.393. The van der Waals surface area contributed by atoms with Crippen molar-refractivity contribution in [1.82, 2.24) is 0 Å². The zero-order chi connectivity index (χ0) is 8.55. The van der Waals surface area contributed by atoms with Gasteiger partial charge < -0.3 is 16.2 Å². The van der Waals surface area contributed by atoms with Gasteiger partial charge in [0.25, 0.3) is 0 Å². The number of aliphatic imine (C=N–C) groups is 1. The second-order valence-corrected chi connectivity index (χ2v) is 2.68. The summed E-state index contributed by atoms with van der Waals surface area (Å²) in [4.78, 5) is 4.02. The minimum absolute atomic E-state index is 0.108. The number of nitrogens with zero attached hydrogens (tertiary/aromatic N) is 1. The van der Waals surface area contributed by atoms with Gasteiger partial charge in [-0.15, -0.1) is 0 Å². The maximum absolute atomic E-state index is 9.27. The van der Waals surface area contributed by atoms with Gasteiger partial charge in [-0.2, -0.15) is 0 Å². The Balaban J connectivity index is 2.53. The molecule has 4 N–H and O–H groups in total. The molecule has 1 aliphatic heterocycles. The molecule has 0 aromatic heterocycles. The zero-order valence-electron chi connectivity index (χ0n) is 6.41. The van der Waals surface area contributed by atoms with Crippen LogP contribution in [0.15, 0.2) is 17.1 Å². The van der Waals surface area contributed by atoms with Crippen LogP contribution >= 0.6 is 0 Å². The summed E-state index contributed by atoms with van der Waals surface area (Å²) in [6.45, 7) is 0.618. The molecule has 1 aromatic carbocycles. The third kappa shape index (κ3) is 0.972. The lowest BCUT2D eigenvalue weighted by molar-refractivity contribution is 0.478. The number of nitrogen functional groups attached to an aromatic ring is 1. The first-order valence-electron chi connectivity index (χ1n) is 3.63. The Labute approximate surface area is 69.7 Å². The zero-order valence-corrected chi connectivity index (χ0v) is 6.41. The lowest BCUT2D eigenvalue weighted by Gasteiger charge is -2.13. The number of hydrogen-bond acceptors (Lipinski definition) is 4. The summed E-state index contributed by atoms with van der Waals surface area (Å²) in [5.41, 5.74) is 7.79. The second kappa shape index (κ2) is 2.41. The molecule has 4 nitrogen and oxygen atoms in total. The van der Waals surface area contributed by atoms with E-state index in [0.717, 1.165) is 11.3 Å². The highest BCUT2D eigenvalue weighted by Crippen LogP contribution is 2.29. The number of aromatic hydroxyl groups is 1. The van der Waals surface area contributed by atoms with Crippen LogP contribution in [0.25, 0.3) is 0 Å². The Bertz CT molecular complexity index is 313. The largest absolute Gasteiger partial charge is 0.506 e. The monoisotopic (exact) mass is 163 g/mol. The van der Waals surface area contributed by atoms with Gasteiger partial charge in [0.2, 0.25) is 0 Å². The molecular weight excluding hydrogens is 154 g/mol. The van der Waals surface area contributed by atoms with Crippen LogP contribution in [0.5, 0.6) is 5.75 Å². The molecule has 2 rings (SSSR count). The van der Waals surface area contributed by atoms with Crippen molar-refractivity contribution in [3.05, 3.63) is 17.7 Å². The average Bonchev–Trinajstić information content (AvgIpc) is 2.07. The second-order valence-electron chi connectivity index (χ2n) is 2.68. The third-order valence-electron chi connectivity index (χ3n) is 1.83. The Morgan fingerprint density at radius 3 is 3.17 bits per heavy atom. The van der Waals surface area contributed by atoms with Crippen molar-refractivity contribution >= 4 is 17.7 Å². The summed E-state index contributed by atoms with van der Waals surface area (Å²) in [6.07, 6.45) is 1.61. The maximum Gasteiger partial charge on any atom is 0.140 e. The summed E-state index contributed by atoms with van der Waals surface area (Å²) >= 11 is 0. The molecule has 0 amide bonds. The van der Waals surface area contributed by atoms with Crippen LogP contribution in [-0.4, -0.2) is 11.4 Å². The SMILES string of the molecule is Nc1cc2c(cc1O)NC=NC2. The predicted molar refractivity (Wildman–Crippen MR) is 48.3 cm³/mol. The van der Waals surface area contributed by atoms with Gasteiger partial charge >= 0.3 is 0 Å². The molecule has 62 valence electrons. The molecule has 4 heteroatoms. The number of benzene rings is 1. The molecular formula is C8H9N3O. The Kier molecular flexibility index (Phi) is 1.40. The number of anilines is 2. The summed E-state index contributed by atoms with van der Waals surface area (Å²) in [6, 6.07) is 3.34. The number of hydrogen-bond donors (Lipinski definition) is 3. The van der Waals surface area contributed by atoms with E-state index in [9.17, 15) is 5.11 Å². The molecule has 0 aliphatic carbocycles. The molecule has 0 saturated heterocycles. The Hall–Kier alpha value is -1.71. The van der Waals surface area contributed by atoms with Gasteiger partial charge in [-0.25, -0.2) is 0 Å². The molecule has 0 atom stereocenters. The molecule has 12 heavy (non-hydrogen) atoms. The lowest BCUT2D eigenvalue weighted by Crippen LogP contribution is -2.05. The average molecular weight is 163 g/mol. The highest BCUT2D eigenvalue weighted by molar-refractivity contribution is 5.81. The molecule has 1 heterocycles. The van der Waals surface area contributed by atoms with Crippen LogP contribution in [0.2, 0.25) is 0 Å². The van der Waals surface area contributed by atoms with Crippen molar-refractivity contribution in [3.63, 3.8) is 0 Å². The van der Waals surface area contributed by atoms with E-state index < -0.39 is 0 Å². The van der Waals surface area contributed by atoms with E-state index in [4.69, 9.17) is 5.73 Å². The third-order valence-corrected chi connectivity index (χ3v) is 1.83. The van der Waals surface area contributed by atoms with E-state index in [1.54, 1.807) is 18.5 Å². The van der Waals surface area contributed by atoms with Gasteiger partial charge in [0.05, 0.1) is 18.6 Å². The smallest absolute Gasteiger partial charge is 0.140 e. The number of nitrogens with two attached hydrogens (primary N) is 1. The Morgan fingerprint density at radius 1 is 1.50 bits per heavy atom. The first kappa shape index (κ1) is 6.97. The maximum atomic E-state index is 9.27. The molecule has 0 radical (unpaired) electrons. The van der Waals surface area contributed by atoms with Gasteiger partial charge in [-0.3, -0.25) is 4.99 Å². The van der Waals surface area contributed by atoms with E-state index in [2.05, 4.69) is 10.3 Å². The minimum Gasteiger partial charge on any atom is -0.506 e. The van der Waals surface area contributed by atoms with Crippen LogP contribution in [0.4, 0.5) is 11.4 Å². The number of phenols is 1. The fourth-order valence-electron chi connectivity index (χ4n) is 1.18. The van der Waals surface area contributed by atoms with Gasteiger partial charge in [0, 0.05) is 11.8 Å². The van der Waals surface area contributed by atoms with E-state index in [1.165, 1.54) is 0 Å². The Morgan fingerprint density at radius 2 is 2.33 bits per heavy atom. The normalized spacial score (nSPS) is 13.7. The van der Waals surface area contributed by atoms with Crippen molar-refractivity contribution in [2.24, 2.45) is 4.99 Å². The number of phenolic OH excluding ortho intramolecular Hbond substituents is 1. The van der Waals surface area contributed by atoms with E-state index in [-0.39, 0.29) is 5.75 Å². The lowest BCUT2D eigenvalue weighted by atomic mass is 10.1. The van der Waals surface area contributed by atoms with Gasteiger partial charge in [-0.1, -0.05) is 0 Å². The molecule has 0 spiro atoms. The minimum atomic E-state index is 0.108. The van der Waals surface area contributed by atoms with Crippen molar-refractivity contribution < 1.29 is 5.11 Å². The van der Waals surface area contributed by atoms with Gasteiger partial charge in [0.15, 0.2) is 0 Å². The molecule has 0 fully saturated rings. The van der Waals surface area contributed by atoms with Crippen molar-refractivity contribution in [1.29, 1.82) is 0 Å². The van der Waals surface area contributed by atoms with Crippen molar-refractivity contribution in [2.75, 3.05) is 11.1 Å². The van der Waals surface area contributed by atoms with Crippen LogP contribution in [-0.2, 0) is 6.54 Å². The molecule has 0 unspecified atom stereocenters.